The fourth-order valence-electron chi connectivity index (χ4n) is 3.26. The molecule has 0 fully saturated rings. The van der Waals surface area contributed by atoms with Gasteiger partial charge >= 0.3 is 0 Å². The lowest BCUT2D eigenvalue weighted by Gasteiger charge is -2.11. The summed E-state index contributed by atoms with van der Waals surface area (Å²) < 4.78 is 11.5. The molecule has 0 atom stereocenters. The molecule has 2 N–H and O–H groups in total. The van der Waals surface area contributed by atoms with E-state index in [4.69, 9.17) is 9.47 Å². The Morgan fingerprint density at radius 2 is 1.66 bits per heavy atom. The molecule has 3 aromatic carbocycles. The summed E-state index contributed by atoms with van der Waals surface area (Å²) in [5.74, 6) is 1.52. The maximum absolute atomic E-state index is 12.3. The summed E-state index contributed by atoms with van der Waals surface area (Å²) in [5, 5.41) is 6.08. The third-order valence-electron chi connectivity index (χ3n) is 4.75. The van der Waals surface area contributed by atoms with E-state index in [-0.39, 0.29) is 18.6 Å². The average Bonchev–Trinajstić information content (AvgIpc) is 2.78. The molecule has 5 heteroatoms. The molecule has 168 valence electrons. The maximum atomic E-state index is 12.3. The molecule has 0 heterocycles. The van der Waals surface area contributed by atoms with Crippen molar-refractivity contribution < 1.29 is 14.3 Å². The number of amides is 1. The van der Waals surface area contributed by atoms with Crippen LogP contribution in [0, 0.1) is 0 Å². The van der Waals surface area contributed by atoms with Crippen LogP contribution >= 0.6 is 0 Å². The minimum atomic E-state index is -0.0917. The summed E-state index contributed by atoms with van der Waals surface area (Å²) in [6.45, 7) is 5.48. The Morgan fingerprint density at radius 1 is 0.875 bits per heavy atom. The van der Waals surface area contributed by atoms with Crippen LogP contribution in [0.1, 0.15) is 31.4 Å². The number of carbonyl (C=O) groups excluding carboxylic acids is 1. The highest BCUT2D eigenvalue weighted by Gasteiger charge is 2.04. The van der Waals surface area contributed by atoms with Crippen molar-refractivity contribution in [2.75, 3.05) is 18.5 Å². The van der Waals surface area contributed by atoms with Gasteiger partial charge in [-0.2, -0.15) is 0 Å². The zero-order valence-electron chi connectivity index (χ0n) is 18.8. The Kier molecular flexibility index (Phi) is 9.14. The van der Waals surface area contributed by atoms with E-state index in [1.165, 1.54) is 5.56 Å². The van der Waals surface area contributed by atoms with Gasteiger partial charge in [0, 0.05) is 18.3 Å². The van der Waals surface area contributed by atoms with Gasteiger partial charge in [-0.3, -0.25) is 4.79 Å². The molecule has 3 rings (SSSR count). The quantitative estimate of drug-likeness (QED) is 0.386. The molecule has 0 aliphatic carbocycles. The molecule has 0 aromatic heterocycles. The Labute approximate surface area is 190 Å². The van der Waals surface area contributed by atoms with Gasteiger partial charge in [-0.25, -0.2) is 0 Å². The molecular weight excluding hydrogens is 400 g/mol. The molecule has 3 aromatic rings. The molecule has 5 nitrogen and oxygen atoms in total. The van der Waals surface area contributed by atoms with E-state index in [0.717, 1.165) is 35.6 Å². The Hall–Kier alpha value is -3.31. The highest BCUT2D eigenvalue weighted by molar-refractivity contribution is 5.92. The van der Waals surface area contributed by atoms with E-state index in [1.54, 1.807) is 0 Å². The Bertz CT molecular complexity index is 956. The standard InChI is InChI=1S/C27H32N2O3/c1-21(2)32-25-15-13-23(14-16-25)19-28-20-27(30)29-24-11-6-12-26(18-24)31-17-7-10-22-8-4-3-5-9-22/h3-6,8-9,11-16,18,21,28H,7,10,17,19-20H2,1-2H3,(H,29,30). The zero-order valence-corrected chi connectivity index (χ0v) is 18.8. The van der Waals surface area contributed by atoms with Gasteiger partial charge in [-0.15, -0.1) is 0 Å². The highest BCUT2D eigenvalue weighted by atomic mass is 16.5. The number of anilines is 1. The fraction of sp³-hybridized carbons (Fsp3) is 0.296. The summed E-state index contributed by atoms with van der Waals surface area (Å²) >= 11 is 0. The van der Waals surface area contributed by atoms with Gasteiger partial charge in [-0.1, -0.05) is 48.5 Å². The van der Waals surface area contributed by atoms with Gasteiger partial charge in [0.2, 0.25) is 5.91 Å². The van der Waals surface area contributed by atoms with Crippen molar-refractivity contribution >= 4 is 11.6 Å². The van der Waals surface area contributed by atoms with Crippen molar-refractivity contribution in [3.05, 3.63) is 90.0 Å². The second kappa shape index (κ2) is 12.5. The molecule has 0 saturated heterocycles. The van der Waals surface area contributed by atoms with Crippen LogP contribution in [0.4, 0.5) is 5.69 Å². The third kappa shape index (κ3) is 8.44. The smallest absolute Gasteiger partial charge is 0.238 e. The first kappa shape index (κ1) is 23.4. The van der Waals surface area contributed by atoms with Crippen LogP contribution in [-0.4, -0.2) is 25.2 Å². The van der Waals surface area contributed by atoms with Gasteiger partial charge in [0.25, 0.3) is 0 Å². The number of aryl methyl sites for hydroxylation is 1. The van der Waals surface area contributed by atoms with Crippen molar-refractivity contribution in [1.29, 1.82) is 0 Å². The number of carbonyl (C=O) groups is 1. The number of ether oxygens (including phenoxy) is 2. The summed E-state index contributed by atoms with van der Waals surface area (Å²) in [6, 6.07) is 25.8. The summed E-state index contributed by atoms with van der Waals surface area (Å²) in [7, 11) is 0. The first-order chi connectivity index (χ1) is 15.6. The monoisotopic (exact) mass is 432 g/mol. The first-order valence-corrected chi connectivity index (χ1v) is 11.1. The van der Waals surface area contributed by atoms with E-state index in [0.29, 0.717) is 13.2 Å². The number of benzene rings is 3. The van der Waals surface area contributed by atoms with E-state index in [9.17, 15) is 4.79 Å². The molecular formula is C27H32N2O3. The average molecular weight is 433 g/mol. The number of nitrogens with one attached hydrogen (secondary N) is 2. The lowest BCUT2D eigenvalue weighted by Crippen LogP contribution is -2.27. The summed E-state index contributed by atoms with van der Waals surface area (Å²) in [6.07, 6.45) is 2.08. The van der Waals surface area contributed by atoms with E-state index in [2.05, 4.69) is 34.9 Å². The van der Waals surface area contributed by atoms with Crippen LogP contribution in [0.15, 0.2) is 78.9 Å². The highest BCUT2D eigenvalue weighted by Crippen LogP contribution is 2.18. The second-order valence-electron chi connectivity index (χ2n) is 7.93. The molecule has 0 saturated carbocycles. The third-order valence-corrected chi connectivity index (χ3v) is 4.75. The topological polar surface area (TPSA) is 59.6 Å². The predicted octanol–water partition coefficient (Wildman–Crippen LogP) is 5.21. The molecule has 0 spiro atoms. The Balaban J connectivity index is 1.36. The van der Waals surface area contributed by atoms with Gasteiger partial charge < -0.3 is 20.1 Å². The molecule has 32 heavy (non-hydrogen) atoms. The van der Waals surface area contributed by atoms with Crippen molar-refractivity contribution in [1.82, 2.24) is 5.32 Å². The summed E-state index contributed by atoms with van der Waals surface area (Å²) in [4.78, 5) is 12.3. The predicted molar refractivity (Wildman–Crippen MR) is 129 cm³/mol. The second-order valence-corrected chi connectivity index (χ2v) is 7.93. The van der Waals surface area contributed by atoms with E-state index < -0.39 is 0 Å². The fourth-order valence-corrected chi connectivity index (χ4v) is 3.26. The normalized spacial score (nSPS) is 10.7. The molecule has 0 unspecified atom stereocenters. The van der Waals surface area contributed by atoms with E-state index >= 15 is 0 Å². The van der Waals surface area contributed by atoms with Crippen molar-refractivity contribution in [3.63, 3.8) is 0 Å². The van der Waals surface area contributed by atoms with Crippen molar-refractivity contribution in [2.24, 2.45) is 0 Å². The van der Waals surface area contributed by atoms with Crippen LogP contribution in [0.25, 0.3) is 0 Å². The lowest BCUT2D eigenvalue weighted by atomic mass is 10.1. The first-order valence-electron chi connectivity index (χ1n) is 11.1. The molecule has 0 aliphatic heterocycles. The molecule has 0 bridgehead atoms. The Morgan fingerprint density at radius 3 is 2.41 bits per heavy atom. The van der Waals surface area contributed by atoms with Crippen LogP contribution < -0.4 is 20.1 Å². The van der Waals surface area contributed by atoms with Crippen molar-refractivity contribution in [3.8, 4) is 11.5 Å². The summed E-state index contributed by atoms with van der Waals surface area (Å²) in [5.41, 5.74) is 3.14. The van der Waals surface area contributed by atoms with Gasteiger partial charge in [0.05, 0.1) is 19.3 Å². The minimum absolute atomic E-state index is 0.0917. The lowest BCUT2D eigenvalue weighted by molar-refractivity contribution is -0.115. The number of hydrogen-bond acceptors (Lipinski definition) is 4. The molecule has 0 radical (unpaired) electrons. The number of rotatable bonds is 12. The van der Waals surface area contributed by atoms with Crippen LogP contribution in [0.5, 0.6) is 11.5 Å². The molecule has 0 aliphatic rings. The number of hydrogen-bond donors (Lipinski definition) is 2. The maximum Gasteiger partial charge on any atom is 0.238 e. The van der Waals surface area contributed by atoms with Crippen LogP contribution in [0.3, 0.4) is 0 Å². The van der Waals surface area contributed by atoms with Gasteiger partial charge in [0.1, 0.15) is 11.5 Å². The SMILES string of the molecule is CC(C)Oc1ccc(CNCC(=O)Nc2cccc(OCCCc3ccccc3)c2)cc1. The minimum Gasteiger partial charge on any atom is -0.494 e. The largest absolute Gasteiger partial charge is 0.494 e. The zero-order chi connectivity index (χ0) is 22.6. The van der Waals surface area contributed by atoms with Gasteiger partial charge in [0.15, 0.2) is 0 Å². The molecule has 1 amide bonds. The van der Waals surface area contributed by atoms with E-state index in [1.807, 2.05) is 68.4 Å². The van der Waals surface area contributed by atoms with Crippen LogP contribution in [-0.2, 0) is 17.8 Å². The van der Waals surface area contributed by atoms with Crippen molar-refractivity contribution in [2.45, 2.75) is 39.3 Å². The van der Waals surface area contributed by atoms with Crippen LogP contribution in [0.2, 0.25) is 0 Å². The van der Waals surface area contributed by atoms with Gasteiger partial charge in [-0.05, 0) is 62.1 Å².